The normalized spacial score (nSPS) is 11.2. The van der Waals surface area contributed by atoms with Crippen molar-refractivity contribution in [3.05, 3.63) is 84.3 Å². The highest BCUT2D eigenvalue weighted by Crippen LogP contribution is 2.34. The first-order valence-electron chi connectivity index (χ1n) is 10.2. The van der Waals surface area contributed by atoms with E-state index in [4.69, 9.17) is 9.51 Å². The third-order valence-corrected chi connectivity index (χ3v) is 5.55. The Kier molecular flexibility index (Phi) is 4.88. The van der Waals surface area contributed by atoms with Crippen molar-refractivity contribution in [3.63, 3.8) is 0 Å². The molecule has 0 radical (unpaired) electrons. The number of nitrogens with zero attached hydrogens (tertiary/aromatic N) is 4. The van der Waals surface area contributed by atoms with Crippen LogP contribution in [0, 0.1) is 13.8 Å². The van der Waals surface area contributed by atoms with Gasteiger partial charge in [0.2, 0.25) is 0 Å². The summed E-state index contributed by atoms with van der Waals surface area (Å²) in [5, 5.41) is 13.5. The molecule has 0 bridgehead atoms. The van der Waals surface area contributed by atoms with Gasteiger partial charge in [-0.05, 0) is 37.6 Å². The quantitative estimate of drug-likeness (QED) is 0.451. The van der Waals surface area contributed by atoms with E-state index in [1.54, 1.807) is 0 Å². The minimum absolute atomic E-state index is 0.0285. The molecule has 4 aromatic heterocycles. The SMILES string of the molecule is Cc1noc(C)c1-c1cnc2c(-c3ccc(BO)cc3)cn(Cc3ccccn3)c2c1. The van der Waals surface area contributed by atoms with Gasteiger partial charge in [-0.1, -0.05) is 41.0 Å². The van der Waals surface area contributed by atoms with Crippen LogP contribution in [0.3, 0.4) is 0 Å². The molecule has 0 unspecified atom stereocenters. The molecule has 5 rings (SSSR count). The van der Waals surface area contributed by atoms with Crippen LogP contribution in [-0.4, -0.2) is 32.2 Å². The fourth-order valence-corrected chi connectivity index (χ4v) is 4.00. The fraction of sp³-hybridized carbons (Fsp3) is 0.125. The van der Waals surface area contributed by atoms with Crippen LogP contribution in [0.5, 0.6) is 0 Å². The summed E-state index contributed by atoms with van der Waals surface area (Å²) in [4.78, 5) is 9.33. The third kappa shape index (κ3) is 3.53. The fourth-order valence-electron chi connectivity index (χ4n) is 4.00. The third-order valence-electron chi connectivity index (χ3n) is 5.55. The second-order valence-electron chi connectivity index (χ2n) is 7.64. The van der Waals surface area contributed by atoms with Gasteiger partial charge in [-0.2, -0.15) is 0 Å². The first-order valence-corrected chi connectivity index (χ1v) is 10.2. The lowest BCUT2D eigenvalue weighted by atomic mass is 9.88. The Labute approximate surface area is 180 Å². The number of fused-ring (bicyclic) bond motifs is 1. The minimum Gasteiger partial charge on any atom is -0.449 e. The molecule has 1 N–H and O–H groups in total. The zero-order chi connectivity index (χ0) is 21.4. The predicted octanol–water partition coefficient (Wildman–Crippen LogP) is 3.39. The van der Waals surface area contributed by atoms with Crippen molar-refractivity contribution in [2.75, 3.05) is 0 Å². The van der Waals surface area contributed by atoms with Crippen molar-refractivity contribution >= 4 is 24.0 Å². The van der Waals surface area contributed by atoms with Gasteiger partial charge in [0.15, 0.2) is 0 Å². The lowest BCUT2D eigenvalue weighted by Gasteiger charge is -2.06. The van der Waals surface area contributed by atoms with Gasteiger partial charge < -0.3 is 14.1 Å². The topological polar surface area (TPSA) is 77.0 Å². The summed E-state index contributed by atoms with van der Waals surface area (Å²) in [5.41, 5.74) is 8.70. The van der Waals surface area contributed by atoms with Crippen molar-refractivity contribution in [1.29, 1.82) is 0 Å². The zero-order valence-corrected chi connectivity index (χ0v) is 17.4. The van der Waals surface area contributed by atoms with Crippen LogP contribution in [0.4, 0.5) is 0 Å². The first kappa shape index (κ1) is 19.3. The highest BCUT2D eigenvalue weighted by atomic mass is 16.5. The summed E-state index contributed by atoms with van der Waals surface area (Å²) in [6.45, 7) is 4.50. The highest BCUT2D eigenvalue weighted by molar-refractivity contribution is 6.45. The minimum atomic E-state index is 0.0285. The molecular formula is C24H21BN4O2. The Morgan fingerprint density at radius 3 is 2.55 bits per heavy atom. The molecule has 0 aliphatic rings. The number of pyridine rings is 2. The van der Waals surface area contributed by atoms with Gasteiger partial charge in [0.05, 0.1) is 29.0 Å². The van der Waals surface area contributed by atoms with Crippen molar-refractivity contribution in [1.82, 2.24) is 19.7 Å². The van der Waals surface area contributed by atoms with Crippen LogP contribution in [0.2, 0.25) is 0 Å². The van der Waals surface area contributed by atoms with Crippen LogP contribution in [0.1, 0.15) is 17.1 Å². The predicted molar refractivity (Wildman–Crippen MR) is 122 cm³/mol. The van der Waals surface area contributed by atoms with E-state index in [1.807, 2.05) is 68.7 Å². The van der Waals surface area contributed by atoms with Crippen LogP contribution < -0.4 is 5.46 Å². The number of benzene rings is 1. The summed E-state index contributed by atoms with van der Waals surface area (Å²) < 4.78 is 7.55. The summed E-state index contributed by atoms with van der Waals surface area (Å²) in [5.74, 6) is 0.779. The summed E-state index contributed by atoms with van der Waals surface area (Å²) in [7, 11) is 0.0285. The number of aromatic nitrogens is 4. The second kappa shape index (κ2) is 7.85. The maximum Gasteiger partial charge on any atom is 0.304 e. The number of rotatable bonds is 5. The van der Waals surface area contributed by atoms with Crippen LogP contribution >= 0.6 is 0 Å². The molecule has 0 saturated carbocycles. The van der Waals surface area contributed by atoms with E-state index in [0.717, 1.165) is 55.9 Å². The lowest BCUT2D eigenvalue weighted by Crippen LogP contribution is -2.11. The van der Waals surface area contributed by atoms with Crippen LogP contribution in [0.15, 0.2) is 71.6 Å². The molecule has 4 heterocycles. The van der Waals surface area contributed by atoms with Crippen molar-refractivity contribution in [2.24, 2.45) is 0 Å². The molecule has 5 aromatic rings. The van der Waals surface area contributed by atoms with E-state index < -0.39 is 0 Å². The molecule has 1 aromatic carbocycles. The molecule has 152 valence electrons. The Balaban J connectivity index is 1.69. The number of aryl methyl sites for hydroxylation is 2. The Morgan fingerprint density at radius 2 is 1.87 bits per heavy atom. The smallest absolute Gasteiger partial charge is 0.304 e. The standard InChI is InChI=1S/C24H21BN4O2/c1-15-23(16(2)31-28-15)18-11-22-24(27-12-18)21(17-6-8-19(25-30)9-7-17)14-29(22)13-20-5-3-4-10-26-20/h3-12,14,25,30H,13H2,1-2H3. The molecule has 0 saturated heterocycles. The maximum absolute atomic E-state index is 9.37. The van der Waals surface area contributed by atoms with E-state index in [2.05, 4.69) is 27.0 Å². The lowest BCUT2D eigenvalue weighted by molar-refractivity contribution is 0.393. The Morgan fingerprint density at radius 1 is 1.03 bits per heavy atom. The van der Waals surface area contributed by atoms with Gasteiger partial charge in [-0.25, -0.2) is 0 Å². The Bertz CT molecular complexity index is 1340. The summed E-state index contributed by atoms with van der Waals surface area (Å²) in [6.07, 6.45) is 5.81. The average molecular weight is 408 g/mol. The van der Waals surface area contributed by atoms with E-state index in [9.17, 15) is 5.02 Å². The number of hydrogen-bond donors (Lipinski definition) is 1. The van der Waals surface area contributed by atoms with Gasteiger partial charge in [-0.15, -0.1) is 0 Å². The van der Waals surface area contributed by atoms with Gasteiger partial charge in [0.25, 0.3) is 0 Å². The molecule has 0 aliphatic carbocycles. The molecule has 0 amide bonds. The summed E-state index contributed by atoms with van der Waals surface area (Å²) >= 11 is 0. The summed E-state index contributed by atoms with van der Waals surface area (Å²) in [6, 6.07) is 16.0. The van der Waals surface area contributed by atoms with Crippen molar-refractivity contribution in [3.8, 4) is 22.3 Å². The van der Waals surface area contributed by atoms with Crippen LogP contribution in [0.25, 0.3) is 33.3 Å². The molecular weight excluding hydrogens is 387 g/mol. The van der Waals surface area contributed by atoms with E-state index in [-0.39, 0.29) is 7.48 Å². The van der Waals surface area contributed by atoms with Gasteiger partial charge >= 0.3 is 7.48 Å². The number of hydrogen-bond acceptors (Lipinski definition) is 5. The van der Waals surface area contributed by atoms with Crippen LogP contribution in [-0.2, 0) is 6.54 Å². The van der Waals surface area contributed by atoms with Gasteiger partial charge in [0, 0.05) is 35.3 Å². The van der Waals surface area contributed by atoms with Gasteiger partial charge in [0.1, 0.15) is 5.76 Å². The van der Waals surface area contributed by atoms with E-state index in [0.29, 0.717) is 6.54 Å². The van der Waals surface area contributed by atoms with Crippen molar-refractivity contribution < 1.29 is 9.55 Å². The molecule has 0 aliphatic heterocycles. The zero-order valence-electron chi connectivity index (χ0n) is 17.4. The molecule has 0 fully saturated rings. The maximum atomic E-state index is 9.37. The van der Waals surface area contributed by atoms with E-state index >= 15 is 0 Å². The van der Waals surface area contributed by atoms with Gasteiger partial charge in [-0.3, -0.25) is 9.97 Å². The first-order chi connectivity index (χ1) is 15.1. The average Bonchev–Trinajstić information content (AvgIpc) is 3.33. The molecule has 7 heteroatoms. The largest absolute Gasteiger partial charge is 0.449 e. The molecule has 6 nitrogen and oxygen atoms in total. The van der Waals surface area contributed by atoms with Crippen molar-refractivity contribution in [2.45, 2.75) is 20.4 Å². The molecule has 0 atom stereocenters. The Hall–Kier alpha value is -3.71. The molecule has 0 spiro atoms. The molecule has 31 heavy (non-hydrogen) atoms. The van der Waals surface area contributed by atoms with E-state index in [1.165, 1.54) is 0 Å². The second-order valence-corrected chi connectivity index (χ2v) is 7.64. The highest BCUT2D eigenvalue weighted by Gasteiger charge is 2.17. The monoisotopic (exact) mass is 408 g/mol.